The minimum absolute atomic E-state index is 0.0472. The number of carbonyl (C=O) groups excluding carboxylic acids is 1. The van der Waals surface area contributed by atoms with Crippen molar-refractivity contribution in [2.24, 2.45) is 5.41 Å². The van der Waals surface area contributed by atoms with E-state index in [9.17, 15) is 9.90 Å². The summed E-state index contributed by atoms with van der Waals surface area (Å²) in [4.78, 5) is 14.9. The highest BCUT2D eigenvalue weighted by Crippen LogP contribution is 2.44. The van der Waals surface area contributed by atoms with Crippen molar-refractivity contribution in [3.63, 3.8) is 0 Å². The molecule has 3 fully saturated rings. The average molecular weight is 322 g/mol. The van der Waals surface area contributed by atoms with Crippen LogP contribution in [0.1, 0.15) is 77.6 Å². The van der Waals surface area contributed by atoms with Gasteiger partial charge in [-0.2, -0.15) is 0 Å². The Morgan fingerprint density at radius 1 is 1.09 bits per heavy atom. The molecule has 1 aliphatic heterocycles. The zero-order valence-corrected chi connectivity index (χ0v) is 14.8. The van der Waals surface area contributed by atoms with E-state index < -0.39 is 5.60 Å². The Bertz CT molecular complexity index is 400. The number of nitrogens with zero attached hydrogens (tertiary/aromatic N) is 1. The molecule has 4 nitrogen and oxygen atoms in total. The molecular weight excluding hydrogens is 288 g/mol. The highest BCUT2D eigenvalue weighted by atomic mass is 16.3. The van der Waals surface area contributed by atoms with Gasteiger partial charge in [0.1, 0.15) is 0 Å². The molecule has 0 radical (unpaired) electrons. The molecule has 1 heterocycles. The van der Waals surface area contributed by atoms with Gasteiger partial charge in [0.2, 0.25) is 5.91 Å². The summed E-state index contributed by atoms with van der Waals surface area (Å²) in [5, 5.41) is 14.0. The second-order valence-electron chi connectivity index (χ2n) is 8.30. The summed E-state index contributed by atoms with van der Waals surface area (Å²) in [6.07, 6.45) is 11.9. The van der Waals surface area contributed by atoms with E-state index in [1.165, 1.54) is 25.7 Å². The minimum Gasteiger partial charge on any atom is -0.389 e. The Kier molecular flexibility index (Phi) is 5.32. The highest BCUT2D eigenvalue weighted by molar-refractivity contribution is 5.83. The number of β-amino-alcohol motifs (C(OH)–C–C–N with tert-alkyl or cyclic N) is 1. The fourth-order valence-corrected chi connectivity index (χ4v) is 4.70. The lowest BCUT2D eigenvalue weighted by Crippen LogP contribution is -2.53. The number of aliphatic hydroxyl groups is 1. The summed E-state index contributed by atoms with van der Waals surface area (Å²) in [6, 6.07) is 0.337. The molecule has 1 saturated heterocycles. The van der Waals surface area contributed by atoms with E-state index in [0.717, 1.165) is 64.6 Å². The average Bonchev–Trinajstić information content (AvgIpc) is 2.49. The number of carbonyl (C=O) groups is 1. The van der Waals surface area contributed by atoms with Crippen LogP contribution in [0.2, 0.25) is 0 Å². The van der Waals surface area contributed by atoms with Crippen molar-refractivity contribution < 1.29 is 9.90 Å². The number of nitrogens with one attached hydrogen (secondary N) is 1. The smallest absolute Gasteiger partial charge is 0.226 e. The molecule has 0 aromatic rings. The maximum absolute atomic E-state index is 12.5. The fourth-order valence-electron chi connectivity index (χ4n) is 4.70. The zero-order chi connectivity index (χ0) is 16.3. The molecule has 0 aromatic carbocycles. The number of hydrogen-bond acceptors (Lipinski definition) is 3. The van der Waals surface area contributed by atoms with Gasteiger partial charge in [-0.1, -0.05) is 32.6 Å². The molecule has 2 saturated carbocycles. The first-order valence-corrected chi connectivity index (χ1v) is 9.81. The molecule has 0 unspecified atom stereocenters. The maximum atomic E-state index is 12.5. The third-order valence-electron chi connectivity index (χ3n) is 6.69. The molecule has 0 atom stereocenters. The number of piperidine rings is 1. The van der Waals surface area contributed by atoms with Crippen molar-refractivity contribution in [1.82, 2.24) is 10.2 Å². The lowest BCUT2D eigenvalue weighted by atomic mass is 9.66. The van der Waals surface area contributed by atoms with E-state index in [2.05, 4.69) is 17.1 Å². The fraction of sp³-hybridized carbons (Fsp3) is 0.947. The van der Waals surface area contributed by atoms with Gasteiger partial charge in [-0.15, -0.1) is 0 Å². The van der Waals surface area contributed by atoms with Gasteiger partial charge in [-0.25, -0.2) is 0 Å². The predicted molar refractivity (Wildman–Crippen MR) is 92.2 cm³/mol. The lowest BCUT2D eigenvalue weighted by Gasteiger charge is -2.43. The van der Waals surface area contributed by atoms with Crippen LogP contribution in [0.3, 0.4) is 0 Å². The number of rotatable bonds is 5. The Balaban J connectivity index is 1.42. The first-order chi connectivity index (χ1) is 11.1. The second kappa shape index (κ2) is 7.10. The SMILES string of the molecule is CCC1(C(=O)NC2CCN(CC3(O)CCCCC3)CC2)CCC1. The van der Waals surface area contributed by atoms with Crippen LogP contribution in [-0.4, -0.2) is 47.2 Å². The molecule has 4 heteroatoms. The zero-order valence-electron chi connectivity index (χ0n) is 14.8. The largest absolute Gasteiger partial charge is 0.389 e. The molecule has 3 aliphatic rings. The third kappa shape index (κ3) is 3.90. The number of likely N-dealkylation sites (tertiary alicyclic amines) is 1. The van der Waals surface area contributed by atoms with Crippen LogP contribution in [0, 0.1) is 5.41 Å². The van der Waals surface area contributed by atoms with Gasteiger partial charge in [0.05, 0.1) is 5.60 Å². The van der Waals surface area contributed by atoms with Gasteiger partial charge >= 0.3 is 0 Å². The summed E-state index contributed by atoms with van der Waals surface area (Å²) in [5.74, 6) is 0.301. The van der Waals surface area contributed by atoms with E-state index in [-0.39, 0.29) is 5.41 Å². The first-order valence-electron chi connectivity index (χ1n) is 9.81. The molecule has 0 aromatic heterocycles. The van der Waals surface area contributed by atoms with Gasteiger partial charge in [-0.05, 0) is 44.9 Å². The van der Waals surface area contributed by atoms with Crippen LogP contribution in [0.25, 0.3) is 0 Å². The monoisotopic (exact) mass is 322 g/mol. The summed E-state index contributed by atoms with van der Waals surface area (Å²) in [6.45, 7) is 4.98. The summed E-state index contributed by atoms with van der Waals surface area (Å²) in [5.41, 5.74) is -0.499. The van der Waals surface area contributed by atoms with Gasteiger partial charge < -0.3 is 15.3 Å². The molecule has 2 aliphatic carbocycles. The van der Waals surface area contributed by atoms with E-state index in [1.807, 2.05) is 0 Å². The van der Waals surface area contributed by atoms with E-state index in [4.69, 9.17) is 0 Å². The second-order valence-corrected chi connectivity index (χ2v) is 8.30. The van der Waals surface area contributed by atoms with Crippen LogP contribution in [-0.2, 0) is 4.79 Å². The van der Waals surface area contributed by atoms with Crippen molar-refractivity contribution >= 4 is 5.91 Å². The van der Waals surface area contributed by atoms with Gasteiger partial charge in [0, 0.05) is 31.1 Å². The van der Waals surface area contributed by atoms with Gasteiger partial charge in [-0.3, -0.25) is 4.79 Å². The molecule has 0 spiro atoms. The summed E-state index contributed by atoms with van der Waals surface area (Å²) >= 11 is 0. The Hall–Kier alpha value is -0.610. The molecule has 2 N–H and O–H groups in total. The van der Waals surface area contributed by atoms with Crippen molar-refractivity contribution in [3.8, 4) is 0 Å². The first kappa shape index (κ1) is 17.2. The summed E-state index contributed by atoms with van der Waals surface area (Å²) in [7, 11) is 0. The molecule has 132 valence electrons. The van der Waals surface area contributed by atoms with Crippen LogP contribution < -0.4 is 5.32 Å². The molecular formula is C19H34N2O2. The van der Waals surface area contributed by atoms with Crippen molar-refractivity contribution in [1.29, 1.82) is 0 Å². The normalized spacial score (nSPS) is 28.1. The maximum Gasteiger partial charge on any atom is 0.226 e. The Morgan fingerprint density at radius 3 is 2.26 bits per heavy atom. The highest BCUT2D eigenvalue weighted by Gasteiger charge is 2.43. The van der Waals surface area contributed by atoms with Crippen LogP contribution in [0.4, 0.5) is 0 Å². The minimum atomic E-state index is -0.452. The standard InChI is InChI=1S/C19H34N2O2/c1-2-18(9-6-10-18)17(22)20-16-7-13-21(14-8-16)15-19(23)11-4-3-5-12-19/h16,23H,2-15H2,1H3,(H,20,22). The lowest BCUT2D eigenvalue weighted by molar-refractivity contribution is -0.137. The van der Waals surface area contributed by atoms with Gasteiger partial charge in [0.15, 0.2) is 0 Å². The van der Waals surface area contributed by atoms with Crippen molar-refractivity contribution in [3.05, 3.63) is 0 Å². The van der Waals surface area contributed by atoms with Crippen LogP contribution >= 0.6 is 0 Å². The third-order valence-corrected chi connectivity index (χ3v) is 6.69. The van der Waals surface area contributed by atoms with Gasteiger partial charge in [0.25, 0.3) is 0 Å². The molecule has 3 rings (SSSR count). The number of hydrogen-bond donors (Lipinski definition) is 2. The molecule has 23 heavy (non-hydrogen) atoms. The van der Waals surface area contributed by atoms with Crippen LogP contribution in [0.15, 0.2) is 0 Å². The Morgan fingerprint density at radius 2 is 1.74 bits per heavy atom. The summed E-state index contributed by atoms with van der Waals surface area (Å²) < 4.78 is 0. The predicted octanol–water partition coefficient (Wildman–Crippen LogP) is 2.84. The molecule has 0 bridgehead atoms. The molecule has 1 amide bonds. The van der Waals surface area contributed by atoms with E-state index in [0.29, 0.717) is 11.9 Å². The van der Waals surface area contributed by atoms with Crippen molar-refractivity contribution in [2.75, 3.05) is 19.6 Å². The topological polar surface area (TPSA) is 52.6 Å². The van der Waals surface area contributed by atoms with E-state index in [1.54, 1.807) is 0 Å². The van der Waals surface area contributed by atoms with Crippen LogP contribution in [0.5, 0.6) is 0 Å². The van der Waals surface area contributed by atoms with Crippen molar-refractivity contribution in [2.45, 2.75) is 89.2 Å². The Labute approximate surface area is 141 Å². The van der Waals surface area contributed by atoms with E-state index >= 15 is 0 Å². The quantitative estimate of drug-likeness (QED) is 0.818. The number of amides is 1.